The van der Waals surface area contributed by atoms with Gasteiger partial charge in [0.25, 0.3) is 0 Å². The van der Waals surface area contributed by atoms with Crippen LogP contribution in [-0.4, -0.2) is 38.1 Å². The van der Waals surface area contributed by atoms with Crippen molar-refractivity contribution >= 4 is 28.9 Å². The number of aromatic nitrogens is 4. The maximum atomic E-state index is 12.9. The van der Waals surface area contributed by atoms with E-state index >= 15 is 0 Å². The Kier molecular flexibility index (Phi) is 6.29. The summed E-state index contributed by atoms with van der Waals surface area (Å²) in [5.41, 5.74) is 2.71. The van der Waals surface area contributed by atoms with Crippen LogP contribution in [0.2, 0.25) is 0 Å². The maximum absolute atomic E-state index is 12.9. The number of thioether (sulfide) groups is 1. The number of carbonyl (C=O) groups excluding carboxylic acids is 1. The topological polar surface area (TPSA) is 103 Å². The molecule has 4 aromatic rings. The van der Waals surface area contributed by atoms with Gasteiger partial charge in [0, 0.05) is 16.6 Å². The highest BCUT2D eigenvalue weighted by atomic mass is 32.2. The number of thiazole rings is 1. The molecule has 170 valence electrons. The Hall–Kier alpha value is -3.68. The average Bonchev–Trinajstić information content (AvgIpc) is 3.59. The molecule has 0 N–H and O–H groups in total. The van der Waals surface area contributed by atoms with Crippen molar-refractivity contribution in [3.05, 3.63) is 70.2 Å². The molecule has 0 saturated carbocycles. The molecule has 2 aromatic carbocycles. The van der Waals surface area contributed by atoms with Crippen molar-refractivity contribution in [2.75, 3.05) is 12.5 Å². The van der Waals surface area contributed by atoms with Crippen LogP contribution in [-0.2, 0) is 11.3 Å². The lowest BCUT2D eigenvalue weighted by Crippen LogP contribution is -2.14. The zero-order chi connectivity index (χ0) is 23.5. The first-order valence-corrected chi connectivity index (χ1v) is 12.3. The number of ketones is 1. The Balaban J connectivity index is 1.41. The number of nitrogens with zero attached hydrogens (tertiary/aromatic N) is 5. The minimum Gasteiger partial charge on any atom is -0.454 e. The molecule has 0 bridgehead atoms. The molecule has 0 aliphatic carbocycles. The predicted octanol–water partition coefficient (Wildman–Crippen LogP) is 4.46. The molecule has 1 atom stereocenters. The van der Waals surface area contributed by atoms with Crippen molar-refractivity contribution in [1.29, 1.82) is 5.26 Å². The second-order valence-corrected chi connectivity index (χ2v) is 9.42. The van der Waals surface area contributed by atoms with Gasteiger partial charge in [0.15, 0.2) is 34.2 Å². The molecule has 1 aliphatic rings. The molecule has 1 aliphatic heterocycles. The van der Waals surface area contributed by atoms with Gasteiger partial charge in [-0.3, -0.25) is 9.36 Å². The summed E-state index contributed by atoms with van der Waals surface area (Å²) in [4.78, 5) is 17.2. The first-order chi connectivity index (χ1) is 16.6. The third kappa shape index (κ3) is 4.53. The van der Waals surface area contributed by atoms with Gasteiger partial charge in [0.1, 0.15) is 5.01 Å². The van der Waals surface area contributed by atoms with Crippen LogP contribution in [0.15, 0.2) is 59.1 Å². The van der Waals surface area contributed by atoms with Crippen LogP contribution < -0.4 is 9.47 Å². The number of benzene rings is 2. The Bertz CT molecular complexity index is 1380. The molecule has 5 rings (SSSR count). The van der Waals surface area contributed by atoms with Gasteiger partial charge in [-0.2, -0.15) is 5.26 Å². The Morgan fingerprint density at radius 1 is 1.21 bits per heavy atom. The number of ether oxygens (including phenoxy) is 2. The monoisotopic (exact) mass is 489 g/mol. The molecule has 34 heavy (non-hydrogen) atoms. The Labute approximate surface area is 204 Å². The molecule has 0 radical (unpaired) electrons. The molecule has 0 spiro atoms. The fraction of sp³-hybridized carbons (Fsp3) is 0.208. The number of hydrogen-bond acceptors (Lipinski definition) is 9. The van der Waals surface area contributed by atoms with Crippen LogP contribution in [0.1, 0.15) is 22.2 Å². The standard InChI is InChI=1S/C24H19N5O3S2/c1-15-12-33-23(26-15)18(10-25)19(30)13-34-24-28-27-22(17-5-3-2-4-6-17)29(24)11-16-7-8-20-21(9-16)32-14-31-20/h2-9,12,18H,11,13-14H2,1H3. The highest BCUT2D eigenvalue weighted by Gasteiger charge is 2.25. The number of aryl methyl sites for hydroxylation is 1. The average molecular weight is 490 g/mol. The van der Waals surface area contributed by atoms with E-state index in [1.807, 2.05) is 65.4 Å². The summed E-state index contributed by atoms with van der Waals surface area (Å²) in [6.45, 7) is 2.54. The van der Waals surface area contributed by atoms with Crippen LogP contribution in [0, 0.1) is 18.3 Å². The summed E-state index contributed by atoms with van der Waals surface area (Å²) < 4.78 is 12.9. The Morgan fingerprint density at radius 3 is 2.79 bits per heavy atom. The second kappa shape index (κ2) is 9.67. The minimum absolute atomic E-state index is 0.0882. The molecule has 1 unspecified atom stereocenters. The van der Waals surface area contributed by atoms with Crippen molar-refractivity contribution in [2.24, 2.45) is 0 Å². The highest BCUT2D eigenvalue weighted by Crippen LogP contribution is 2.34. The van der Waals surface area contributed by atoms with Crippen LogP contribution in [0.3, 0.4) is 0 Å². The number of nitriles is 1. The van der Waals surface area contributed by atoms with E-state index in [2.05, 4.69) is 21.3 Å². The van der Waals surface area contributed by atoms with Crippen LogP contribution >= 0.6 is 23.1 Å². The van der Waals surface area contributed by atoms with E-state index in [0.29, 0.717) is 28.3 Å². The Morgan fingerprint density at radius 2 is 2.03 bits per heavy atom. The molecule has 0 amide bonds. The normalized spacial score (nSPS) is 12.9. The lowest BCUT2D eigenvalue weighted by molar-refractivity contribution is -0.116. The van der Waals surface area contributed by atoms with E-state index in [9.17, 15) is 10.1 Å². The minimum atomic E-state index is -0.884. The van der Waals surface area contributed by atoms with E-state index in [-0.39, 0.29) is 18.3 Å². The fourth-order valence-corrected chi connectivity index (χ4v) is 5.25. The van der Waals surface area contributed by atoms with Crippen molar-refractivity contribution in [3.63, 3.8) is 0 Å². The van der Waals surface area contributed by atoms with Crippen molar-refractivity contribution in [2.45, 2.75) is 24.5 Å². The van der Waals surface area contributed by atoms with Crippen molar-refractivity contribution in [3.8, 4) is 29.0 Å². The molecule has 0 saturated heterocycles. The van der Waals surface area contributed by atoms with Gasteiger partial charge in [-0.05, 0) is 24.6 Å². The number of carbonyl (C=O) groups is 1. The second-order valence-electron chi connectivity index (χ2n) is 7.59. The van der Waals surface area contributed by atoms with Crippen LogP contribution in [0.25, 0.3) is 11.4 Å². The molecule has 8 nitrogen and oxygen atoms in total. The van der Waals surface area contributed by atoms with Gasteiger partial charge < -0.3 is 9.47 Å². The lowest BCUT2D eigenvalue weighted by atomic mass is 10.1. The summed E-state index contributed by atoms with van der Waals surface area (Å²) in [6.07, 6.45) is 0. The zero-order valence-corrected chi connectivity index (χ0v) is 19.8. The molecular weight excluding hydrogens is 470 g/mol. The van der Waals surface area contributed by atoms with E-state index < -0.39 is 5.92 Å². The number of Topliss-reactive ketones (excluding diaryl/α,β-unsaturated/α-hetero) is 1. The first-order valence-electron chi connectivity index (χ1n) is 10.5. The third-order valence-electron chi connectivity index (χ3n) is 5.20. The summed E-state index contributed by atoms with van der Waals surface area (Å²) in [5, 5.41) is 21.3. The lowest BCUT2D eigenvalue weighted by Gasteiger charge is -2.11. The number of hydrogen-bond donors (Lipinski definition) is 0. The maximum Gasteiger partial charge on any atom is 0.231 e. The molecule has 0 fully saturated rings. The summed E-state index contributed by atoms with van der Waals surface area (Å²) in [5.74, 6) is 1.11. The zero-order valence-electron chi connectivity index (χ0n) is 18.2. The number of rotatable bonds is 8. The van der Waals surface area contributed by atoms with E-state index in [0.717, 1.165) is 22.6 Å². The van der Waals surface area contributed by atoms with Gasteiger partial charge in [0.05, 0.1) is 18.4 Å². The summed E-state index contributed by atoms with van der Waals surface area (Å²) in [7, 11) is 0. The van der Waals surface area contributed by atoms with E-state index in [1.54, 1.807) is 0 Å². The molecule has 3 heterocycles. The van der Waals surface area contributed by atoms with E-state index in [4.69, 9.17) is 9.47 Å². The molecular formula is C24H19N5O3S2. The predicted molar refractivity (Wildman–Crippen MR) is 128 cm³/mol. The van der Waals surface area contributed by atoms with Gasteiger partial charge in [-0.25, -0.2) is 4.98 Å². The summed E-state index contributed by atoms with van der Waals surface area (Å²) >= 11 is 2.60. The summed E-state index contributed by atoms with van der Waals surface area (Å²) in [6, 6.07) is 17.7. The van der Waals surface area contributed by atoms with Crippen LogP contribution in [0.4, 0.5) is 0 Å². The van der Waals surface area contributed by atoms with Gasteiger partial charge >= 0.3 is 0 Å². The van der Waals surface area contributed by atoms with Crippen LogP contribution in [0.5, 0.6) is 11.5 Å². The quantitative estimate of drug-likeness (QED) is 0.334. The number of fused-ring (bicyclic) bond motifs is 1. The van der Waals surface area contributed by atoms with Gasteiger partial charge in [-0.15, -0.1) is 21.5 Å². The largest absolute Gasteiger partial charge is 0.454 e. The van der Waals surface area contributed by atoms with Crippen molar-refractivity contribution < 1.29 is 14.3 Å². The van der Waals surface area contributed by atoms with Gasteiger partial charge in [0.2, 0.25) is 6.79 Å². The van der Waals surface area contributed by atoms with Gasteiger partial charge in [-0.1, -0.05) is 48.2 Å². The smallest absolute Gasteiger partial charge is 0.231 e. The SMILES string of the molecule is Cc1csc(C(C#N)C(=O)CSc2nnc(-c3ccccc3)n2Cc2ccc3c(c2)OCO3)n1. The first kappa shape index (κ1) is 22.1. The highest BCUT2D eigenvalue weighted by molar-refractivity contribution is 7.99. The van der Waals surface area contributed by atoms with Crippen molar-refractivity contribution in [1.82, 2.24) is 19.7 Å². The molecule has 2 aromatic heterocycles. The third-order valence-corrected chi connectivity index (χ3v) is 7.22. The fourth-order valence-electron chi connectivity index (χ4n) is 3.55. The molecule has 10 heteroatoms. The van der Waals surface area contributed by atoms with E-state index in [1.165, 1.54) is 23.1 Å².